The molecule has 1 aromatic heterocycles. The van der Waals surface area contributed by atoms with Crippen molar-refractivity contribution >= 4 is 0 Å². The van der Waals surface area contributed by atoms with E-state index in [9.17, 15) is 18.3 Å². The van der Waals surface area contributed by atoms with Gasteiger partial charge in [0.25, 0.3) is 5.92 Å². The predicted octanol–water partition coefficient (Wildman–Crippen LogP) is 5.16. The van der Waals surface area contributed by atoms with Gasteiger partial charge >= 0.3 is 0 Å². The molecule has 0 fully saturated rings. The van der Waals surface area contributed by atoms with E-state index in [1.807, 2.05) is 19.9 Å². The van der Waals surface area contributed by atoms with Gasteiger partial charge in [-0.2, -0.15) is 10.4 Å². The summed E-state index contributed by atoms with van der Waals surface area (Å²) in [5, 5.41) is 23.6. The average molecular weight is 413 g/mol. The first-order valence-electron chi connectivity index (χ1n) is 9.35. The van der Waals surface area contributed by atoms with Crippen LogP contribution in [0.15, 0.2) is 42.6 Å². The van der Waals surface area contributed by atoms with Crippen molar-refractivity contribution in [2.45, 2.75) is 38.3 Å². The number of nitrogens with zero attached hydrogens (tertiary/aromatic N) is 3. The number of fused-ring (bicyclic) bond motifs is 1. The second-order valence-electron chi connectivity index (χ2n) is 7.49. The number of aliphatic hydroxyl groups excluding tert-OH is 1. The highest BCUT2D eigenvalue weighted by molar-refractivity contribution is 5.71. The second-order valence-corrected chi connectivity index (χ2v) is 7.49. The van der Waals surface area contributed by atoms with Crippen LogP contribution in [-0.4, -0.2) is 20.8 Å². The predicted molar refractivity (Wildman–Crippen MR) is 103 cm³/mol. The van der Waals surface area contributed by atoms with Crippen molar-refractivity contribution in [1.29, 1.82) is 5.26 Å². The molecule has 8 heteroatoms. The lowest BCUT2D eigenvalue weighted by Crippen LogP contribution is -2.21. The minimum absolute atomic E-state index is 0.0124. The van der Waals surface area contributed by atoms with Crippen molar-refractivity contribution in [3.05, 3.63) is 65.1 Å². The molecule has 0 radical (unpaired) electrons. The van der Waals surface area contributed by atoms with E-state index in [2.05, 4.69) is 5.10 Å². The number of hydrogen-bond acceptors (Lipinski definition) is 4. The average Bonchev–Trinajstić information content (AvgIpc) is 3.26. The highest BCUT2D eigenvalue weighted by Crippen LogP contribution is 2.51. The van der Waals surface area contributed by atoms with Gasteiger partial charge in [0.2, 0.25) is 0 Å². The third-order valence-corrected chi connectivity index (χ3v) is 5.06. The normalized spacial score (nSPS) is 17.1. The monoisotopic (exact) mass is 413 g/mol. The van der Waals surface area contributed by atoms with Gasteiger partial charge in [-0.05, 0) is 44.2 Å². The Balaban J connectivity index is 1.85. The van der Waals surface area contributed by atoms with E-state index >= 15 is 0 Å². The van der Waals surface area contributed by atoms with Crippen LogP contribution in [0.5, 0.6) is 11.5 Å². The Morgan fingerprint density at radius 1 is 1.27 bits per heavy atom. The molecule has 1 heterocycles. The number of aliphatic hydroxyl groups is 1. The summed E-state index contributed by atoms with van der Waals surface area (Å²) in [7, 11) is 0. The maximum absolute atomic E-state index is 14.5. The van der Waals surface area contributed by atoms with E-state index in [1.165, 1.54) is 12.1 Å². The largest absolute Gasteiger partial charge is 0.457 e. The summed E-state index contributed by atoms with van der Waals surface area (Å²) < 4.78 is 50.1. The van der Waals surface area contributed by atoms with E-state index in [4.69, 9.17) is 10.00 Å². The molecule has 0 saturated heterocycles. The van der Waals surface area contributed by atoms with Crippen molar-refractivity contribution in [1.82, 2.24) is 9.78 Å². The molecule has 0 bridgehead atoms. The number of benzene rings is 2. The summed E-state index contributed by atoms with van der Waals surface area (Å²) in [6.45, 7) is 3.83. The molecule has 0 aliphatic heterocycles. The summed E-state index contributed by atoms with van der Waals surface area (Å²) in [5.41, 5.74) is 1.29. The summed E-state index contributed by atoms with van der Waals surface area (Å²) in [4.78, 5) is 0. The number of aromatic nitrogens is 2. The van der Waals surface area contributed by atoms with Crippen LogP contribution in [0, 0.1) is 17.1 Å². The van der Waals surface area contributed by atoms with E-state index in [-0.39, 0.29) is 34.2 Å². The van der Waals surface area contributed by atoms with Gasteiger partial charge < -0.3 is 9.84 Å². The number of hydrogen-bond donors (Lipinski definition) is 1. The molecule has 1 aliphatic rings. The van der Waals surface area contributed by atoms with Gasteiger partial charge in [0.1, 0.15) is 23.4 Å². The third-order valence-electron chi connectivity index (χ3n) is 5.06. The molecule has 1 unspecified atom stereocenters. The zero-order valence-electron chi connectivity index (χ0n) is 16.2. The van der Waals surface area contributed by atoms with Gasteiger partial charge in [-0.3, -0.25) is 4.68 Å². The number of alkyl halides is 2. The third kappa shape index (κ3) is 3.31. The fourth-order valence-electron chi connectivity index (χ4n) is 3.75. The lowest BCUT2D eigenvalue weighted by atomic mass is 9.98. The zero-order chi connectivity index (χ0) is 21.6. The van der Waals surface area contributed by atoms with Gasteiger partial charge in [0.05, 0.1) is 17.3 Å². The Morgan fingerprint density at radius 3 is 2.73 bits per heavy atom. The highest BCUT2D eigenvalue weighted by atomic mass is 19.3. The lowest BCUT2D eigenvalue weighted by Gasteiger charge is -2.18. The van der Waals surface area contributed by atoms with Crippen LogP contribution in [-0.2, 0) is 6.42 Å². The Kier molecular flexibility index (Phi) is 4.79. The van der Waals surface area contributed by atoms with E-state index in [0.717, 1.165) is 12.1 Å². The molecule has 30 heavy (non-hydrogen) atoms. The molecule has 5 nitrogen and oxygen atoms in total. The van der Waals surface area contributed by atoms with Gasteiger partial charge in [-0.15, -0.1) is 0 Å². The lowest BCUT2D eigenvalue weighted by molar-refractivity contribution is -0.0967. The molecule has 0 spiro atoms. The van der Waals surface area contributed by atoms with E-state index < -0.39 is 24.3 Å². The molecule has 154 valence electrons. The molecule has 1 aliphatic carbocycles. The SMILES string of the molecule is CC(C)n1nccc1-c1ccc(Oc2cc(F)cc(C#N)c2)c2c1C(O)C(F)(F)C2. The Labute approximate surface area is 170 Å². The van der Waals surface area contributed by atoms with E-state index in [0.29, 0.717) is 11.3 Å². The number of rotatable bonds is 4. The van der Waals surface area contributed by atoms with Crippen molar-refractivity contribution in [3.8, 4) is 28.8 Å². The first-order chi connectivity index (χ1) is 14.2. The van der Waals surface area contributed by atoms with Crippen LogP contribution in [0.1, 0.15) is 42.7 Å². The van der Waals surface area contributed by atoms with Crippen LogP contribution in [0.2, 0.25) is 0 Å². The molecule has 1 N–H and O–H groups in total. The van der Waals surface area contributed by atoms with Crippen molar-refractivity contribution in [2.75, 3.05) is 0 Å². The topological polar surface area (TPSA) is 71.1 Å². The fourth-order valence-corrected chi connectivity index (χ4v) is 3.75. The summed E-state index contributed by atoms with van der Waals surface area (Å²) in [6.07, 6.45) is -1.16. The molecule has 1 atom stereocenters. The molecular weight excluding hydrogens is 395 g/mol. The Hall–Kier alpha value is -3.31. The Morgan fingerprint density at radius 2 is 2.03 bits per heavy atom. The van der Waals surface area contributed by atoms with Gasteiger partial charge in [0, 0.05) is 41.4 Å². The number of ether oxygens (including phenoxy) is 1. The van der Waals surface area contributed by atoms with Crippen LogP contribution in [0.4, 0.5) is 13.2 Å². The Bertz CT molecular complexity index is 1160. The first-order valence-corrected chi connectivity index (χ1v) is 9.35. The fraction of sp³-hybridized carbons (Fsp3) is 0.273. The van der Waals surface area contributed by atoms with Crippen LogP contribution < -0.4 is 4.74 Å². The quantitative estimate of drug-likeness (QED) is 0.641. The standard InChI is InChI=1S/C22H18F3N3O2/c1-12(2)28-18(5-6-27-28)16-3-4-19(17-10-22(24,25)21(29)20(16)17)30-15-8-13(11-26)7-14(23)9-15/h3-9,12,21,29H,10H2,1-2H3. The zero-order valence-corrected chi connectivity index (χ0v) is 16.2. The van der Waals surface area contributed by atoms with Crippen molar-refractivity contribution < 1.29 is 23.0 Å². The van der Waals surface area contributed by atoms with Gasteiger partial charge in [-0.1, -0.05) is 0 Å². The maximum atomic E-state index is 14.5. The molecular formula is C22H18F3N3O2. The van der Waals surface area contributed by atoms with Crippen molar-refractivity contribution in [3.63, 3.8) is 0 Å². The number of halogens is 3. The minimum Gasteiger partial charge on any atom is -0.457 e. The van der Waals surface area contributed by atoms with Crippen molar-refractivity contribution in [2.24, 2.45) is 0 Å². The van der Waals surface area contributed by atoms with Crippen LogP contribution in [0.25, 0.3) is 11.3 Å². The smallest absolute Gasteiger partial charge is 0.281 e. The molecule has 2 aromatic carbocycles. The highest BCUT2D eigenvalue weighted by Gasteiger charge is 2.49. The molecule has 4 rings (SSSR count). The summed E-state index contributed by atoms with van der Waals surface area (Å²) >= 11 is 0. The first kappa shape index (κ1) is 20.0. The molecule has 0 saturated carbocycles. The summed E-state index contributed by atoms with van der Waals surface area (Å²) in [5.74, 6) is -3.96. The van der Waals surface area contributed by atoms with Gasteiger partial charge in [-0.25, -0.2) is 13.2 Å². The van der Waals surface area contributed by atoms with Gasteiger partial charge in [0.15, 0.2) is 0 Å². The van der Waals surface area contributed by atoms with Crippen LogP contribution in [0.3, 0.4) is 0 Å². The number of nitriles is 1. The summed E-state index contributed by atoms with van der Waals surface area (Å²) in [6, 6.07) is 10.0. The maximum Gasteiger partial charge on any atom is 0.281 e. The van der Waals surface area contributed by atoms with E-state index in [1.54, 1.807) is 23.0 Å². The van der Waals surface area contributed by atoms with Crippen LogP contribution >= 0.6 is 0 Å². The molecule has 3 aromatic rings. The second kappa shape index (κ2) is 7.18. The molecule has 0 amide bonds. The minimum atomic E-state index is -3.38.